The fourth-order valence-electron chi connectivity index (χ4n) is 2.45. The minimum Gasteiger partial charge on any atom is -0.490 e. The molecule has 0 unspecified atom stereocenters. The Hall–Kier alpha value is -0.940. The number of hydrogen-bond donors (Lipinski definition) is 1. The summed E-state index contributed by atoms with van der Waals surface area (Å²) in [6.07, 6.45) is 0.840. The van der Waals surface area contributed by atoms with Crippen molar-refractivity contribution in [2.45, 2.75) is 26.8 Å². The van der Waals surface area contributed by atoms with Gasteiger partial charge in [0.2, 0.25) is 0 Å². The van der Waals surface area contributed by atoms with Gasteiger partial charge in [0.25, 0.3) is 0 Å². The summed E-state index contributed by atoms with van der Waals surface area (Å²) in [5, 5.41) is 4.79. The van der Waals surface area contributed by atoms with Crippen molar-refractivity contribution in [3.63, 3.8) is 0 Å². The van der Waals surface area contributed by atoms with Gasteiger partial charge in [-0.2, -0.15) is 0 Å². The molecule has 0 aromatic heterocycles. The van der Waals surface area contributed by atoms with E-state index < -0.39 is 0 Å². The summed E-state index contributed by atoms with van der Waals surface area (Å²) < 4.78 is 12.3. The molecule has 1 N–H and O–H groups in total. The first-order valence-corrected chi connectivity index (χ1v) is 9.82. The maximum Gasteiger partial charge on any atom is 0.175 e. The van der Waals surface area contributed by atoms with Crippen LogP contribution >= 0.6 is 39.1 Å². The van der Waals surface area contributed by atoms with E-state index in [0.717, 1.165) is 46.6 Å². The largest absolute Gasteiger partial charge is 0.490 e. The van der Waals surface area contributed by atoms with E-state index in [9.17, 15) is 0 Å². The number of ether oxygens (including phenoxy) is 2. The number of halogens is 3. The van der Waals surface area contributed by atoms with E-state index in [1.54, 1.807) is 6.07 Å². The highest BCUT2D eigenvalue weighted by Crippen LogP contribution is 2.37. The molecule has 0 heterocycles. The van der Waals surface area contributed by atoms with Gasteiger partial charge < -0.3 is 14.8 Å². The third-order valence-corrected chi connectivity index (χ3v) is 4.75. The van der Waals surface area contributed by atoms with Crippen molar-refractivity contribution in [1.29, 1.82) is 0 Å². The van der Waals surface area contributed by atoms with Gasteiger partial charge in [-0.15, -0.1) is 0 Å². The second-order valence-electron chi connectivity index (χ2n) is 5.43. The zero-order chi connectivity index (χ0) is 18.2. The molecule has 0 fully saturated rings. The summed E-state index contributed by atoms with van der Waals surface area (Å²) in [7, 11) is 0. The first-order chi connectivity index (χ1) is 12.0. The lowest BCUT2D eigenvalue weighted by Gasteiger charge is -2.15. The van der Waals surface area contributed by atoms with Crippen molar-refractivity contribution in [3.05, 3.63) is 56.0 Å². The Kier molecular flexibility index (Phi) is 8.37. The number of benzene rings is 2. The molecule has 0 atom stereocenters. The van der Waals surface area contributed by atoms with Gasteiger partial charge in [-0.1, -0.05) is 29.3 Å². The second-order valence-corrected chi connectivity index (χ2v) is 7.13. The number of hydrogen-bond acceptors (Lipinski definition) is 3. The highest BCUT2D eigenvalue weighted by Gasteiger charge is 2.11. The van der Waals surface area contributed by atoms with Gasteiger partial charge in [0.1, 0.15) is 0 Å². The molecule has 0 saturated carbocycles. The van der Waals surface area contributed by atoms with E-state index in [-0.39, 0.29) is 0 Å². The first-order valence-electron chi connectivity index (χ1n) is 8.27. The Bertz CT molecular complexity index is 710. The first kappa shape index (κ1) is 20.4. The van der Waals surface area contributed by atoms with Crippen LogP contribution in [0.5, 0.6) is 11.5 Å². The summed E-state index contributed by atoms with van der Waals surface area (Å²) in [6.45, 7) is 6.66. The van der Waals surface area contributed by atoms with Crippen LogP contribution in [0.15, 0.2) is 34.8 Å². The summed E-state index contributed by atoms with van der Waals surface area (Å²) in [4.78, 5) is 0. The van der Waals surface area contributed by atoms with E-state index in [4.69, 9.17) is 32.7 Å². The average molecular weight is 447 g/mol. The van der Waals surface area contributed by atoms with Crippen LogP contribution in [0.2, 0.25) is 10.0 Å². The van der Waals surface area contributed by atoms with Gasteiger partial charge in [-0.05, 0) is 78.1 Å². The van der Waals surface area contributed by atoms with Crippen LogP contribution in [0, 0.1) is 0 Å². The van der Waals surface area contributed by atoms with E-state index in [0.29, 0.717) is 23.3 Å². The maximum atomic E-state index is 6.20. The van der Waals surface area contributed by atoms with Crippen LogP contribution in [0.1, 0.15) is 25.0 Å². The van der Waals surface area contributed by atoms with Crippen LogP contribution < -0.4 is 14.8 Å². The zero-order valence-corrected chi connectivity index (χ0v) is 17.5. The molecule has 6 heteroatoms. The van der Waals surface area contributed by atoms with Crippen molar-refractivity contribution in [2.75, 3.05) is 19.8 Å². The third kappa shape index (κ3) is 6.07. The molecule has 3 nitrogen and oxygen atoms in total. The molecule has 0 spiro atoms. The lowest BCUT2D eigenvalue weighted by atomic mass is 10.1. The molecule has 2 rings (SSSR count). The Morgan fingerprint density at radius 2 is 1.80 bits per heavy atom. The molecule has 2 aromatic carbocycles. The van der Waals surface area contributed by atoms with Gasteiger partial charge in [0, 0.05) is 16.6 Å². The Morgan fingerprint density at radius 3 is 2.48 bits per heavy atom. The van der Waals surface area contributed by atoms with Crippen LogP contribution in [-0.4, -0.2) is 19.8 Å². The molecular weight excluding hydrogens is 425 g/mol. The van der Waals surface area contributed by atoms with Crippen LogP contribution in [-0.2, 0) is 13.0 Å². The molecule has 0 bridgehead atoms. The smallest absolute Gasteiger partial charge is 0.175 e. The Morgan fingerprint density at radius 1 is 1.04 bits per heavy atom. The van der Waals surface area contributed by atoms with E-state index >= 15 is 0 Å². The summed E-state index contributed by atoms with van der Waals surface area (Å²) in [5.74, 6) is 1.51. The van der Waals surface area contributed by atoms with Crippen LogP contribution in [0.3, 0.4) is 0 Å². The van der Waals surface area contributed by atoms with Crippen molar-refractivity contribution in [3.8, 4) is 11.5 Å². The monoisotopic (exact) mass is 445 g/mol. The molecular formula is C19H22BrCl2NO2. The Labute approximate surface area is 167 Å². The van der Waals surface area contributed by atoms with Crippen molar-refractivity contribution >= 4 is 39.1 Å². The molecule has 0 aliphatic heterocycles. The molecule has 0 amide bonds. The SMILES string of the molecule is CCOc1cc(CNCCc2ccc(Cl)cc2Cl)cc(Br)c1OCC. The predicted octanol–water partition coefficient (Wildman–Crippen LogP) is 5.89. The highest BCUT2D eigenvalue weighted by atomic mass is 79.9. The highest BCUT2D eigenvalue weighted by molar-refractivity contribution is 9.10. The molecule has 0 aliphatic carbocycles. The van der Waals surface area contributed by atoms with Gasteiger partial charge in [0.15, 0.2) is 11.5 Å². The predicted molar refractivity (Wildman–Crippen MR) is 108 cm³/mol. The van der Waals surface area contributed by atoms with E-state index in [1.165, 1.54) is 0 Å². The Balaban J connectivity index is 1.96. The van der Waals surface area contributed by atoms with Crippen molar-refractivity contribution in [1.82, 2.24) is 5.32 Å². The quantitative estimate of drug-likeness (QED) is 0.487. The zero-order valence-electron chi connectivity index (χ0n) is 14.4. The third-order valence-electron chi connectivity index (χ3n) is 3.57. The van der Waals surface area contributed by atoms with Crippen LogP contribution in [0.25, 0.3) is 0 Å². The van der Waals surface area contributed by atoms with Crippen LogP contribution in [0.4, 0.5) is 0 Å². The lowest BCUT2D eigenvalue weighted by molar-refractivity contribution is 0.286. The fraction of sp³-hybridized carbons (Fsp3) is 0.368. The molecule has 136 valence electrons. The molecule has 25 heavy (non-hydrogen) atoms. The van der Waals surface area contributed by atoms with E-state index in [1.807, 2.05) is 32.0 Å². The van der Waals surface area contributed by atoms with Gasteiger partial charge in [-0.3, -0.25) is 0 Å². The molecule has 0 saturated heterocycles. The van der Waals surface area contributed by atoms with Crippen molar-refractivity contribution in [2.24, 2.45) is 0 Å². The number of nitrogens with one attached hydrogen (secondary N) is 1. The molecule has 0 aliphatic rings. The summed E-state index contributed by atoms with van der Waals surface area (Å²) in [5.41, 5.74) is 2.21. The summed E-state index contributed by atoms with van der Waals surface area (Å²) >= 11 is 15.7. The standard InChI is InChI=1S/C19H22BrCl2NO2/c1-3-24-18-10-13(9-16(20)19(18)25-4-2)12-23-8-7-14-5-6-15(21)11-17(14)22/h5-6,9-11,23H,3-4,7-8,12H2,1-2H3. The maximum absolute atomic E-state index is 6.20. The second kappa shape index (κ2) is 10.3. The molecule has 0 radical (unpaired) electrons. The topological polar surface area (TPSA) is 30.5 Å². The number of rotatable bonds is 9. The fourth-order valence-corrected chi connectivity index (χ4v) is 3.56. The minimum atomic E-state index is 0.595. The average Bonchev–Trinajstić information content (AvgIpc) is 2.56. The normalized spacial score (nSPS) is 10.8. The van der Waals surface area contributed by atoms with E-state index in [2.05, 4.69) is 27.3 Å². The summed E-state index contributed by atoms with van der Waals surface area (Å²) in [6, 6.07) is 9.67. The van der Waals surface area contributed by atoms with Crippen molar-refractivity contribution < 1.29 is 9.47 Å². The van der Waals surface area contributed by atoms with Gasteiger partial charge in [0.05, 0.1) is 17.7 Å². The minimum absolute atomic E-state index is 0.595. The lowest BCUT2D eigenvalue weighted by Crippen LogP contribution is -2.17. The van der Waals surface area contributed by atoms with Gasteiger partial charge in [-0.25, -0.2) is 0 Å². The van der Waals surface area contributed by atoms with Gasteiger partial charge >= 0.3 is 0 Å². The molecule has 2 aromatic rings.